The Balaban J connectivity index is 3.04. The molecule has 0 N–H and O–H groups in total. The Morgan fingerprint density at radius 2 is 2.08 bits per heavy atom. The highest BCUT2D eigenvalue weighted by atomic mass is 14.8. The quantitative estimate of drug-likeness (QED) is 0.692. The van der Waals surface area contributed by atoms with Gasteiger partial charge in [0.25, 0.3) is 0 Å². The van der Waals surface area contributed by atoms with Gasteiger partial charge in [0, 0.05) is 0 Å². The number of rotatable bonds is 2. The van der Waals surface area contributed by atoms with Crippen molar-refractivity contribution in [2.24, 2.45) is 0 Å². The van der Waals surface area contributed by atoms with Crippen LogP contribution in [0, 0.1) is 13.8 Å². The fraction of sp³-hybridized carbons (Fsp3) is 0.455. The summed E-state index contributed by atoms with van der Waals surface area (Å²) in [5.74, 6) is 0. The molecule has 0 saturated heterocycles. The van der Waals surface area contributed by atoms with Gasteiger partial charge >= 0.3 is 0 Å². The van der Waals surface area contributed by atoms with Crippen molar-refractivity contribution in [2.75, 3.05) is 0 Å². The lowest BCUT2D eigenvalue weighted by molar-refractivity contribution is 1.03. The highest BCUT2D eigenvalue weighted by Crippen LogP contribution is 2.11. The van der Waals surface area contributed by atoms with E-state index in [1.54, 1.807) is 0 Å². The zero-order valence-corrected chi connectivity index (χ0v) is 8.76. The van der Waals surface area contributed by atoms with Gasteiger partial charge in [0.2, 0.25) is 0 Å². The van der Waals surface area contributed by atoms with Gasteiger partial charge in [-0.1, -0.05) is 13.0 Å². The third-order valence-corrected chi connectivity index (χ3v) is 2.11. The lowest BCUT2D eigenvalue weighted by atomic mass is 10.2. The summed E-state index contributed by atoms with van der Waals surface area (Å²) in [6.07, 6.45) is 5.04. The minimum Gasteiger partial charge on any atom is -0.257 e. The molecule has 0 aliphatic carbocycles. The van der Waals surface area contributed by atoms with Crippen molar-refractivity contribution in [2.45, 2.75) is 34.1 Å². The van der Waals surface area contributed by atoms with Crippen LogP contribution in [-0.2, 0) is 0 Å². The summed E-state index contributed by atoms with van der Waals surface area (Å²) in [6.45, 7) is 8.16. The van der Waals surface area contributed by atoms with Crippen molar-refractivity contribution in [3.8, 4) is 0 Å². The molecular formula is C11H16N2. The molecular weight excluding hydrogens is 160 g/mol. The first kappa shape index (κ1) is 9.90. The molecule has 0 atom stereocenters. The van der Waals surface area contributed by atoms with E-state index < -0.39 is 0 Å². The number of aromatic nitrogens is 2. The predicted octanol–water partition coefficient (Wildman–Crippen LogP) is 2.91. The smallest absolute Gasteiger partial charge is 0.0842 e. The molecule has 0 aromatic carbocycles. The van der Waals surface area contributed by atoms with Gasteiger partial charge in [-0.15, -0.1) is 0 Å². The van der Waals surface area contributed by atoms with E-state index in [-0.39, 0.29) is 0 Å². The molecule has 13 heavy (non-hydrogen) atoms. The van der Waals surface area contributed by atoms with Gasteiger partial charge in [0.05, 0.1) is 23.3 Å². The first-order valence-electron chi connectivity index (χ1n) is 4.62. The molecule has 1 aromatic rings. The zero-order valence-electron chi connectivity index (χ0n) is 8.76. The summed E-state index contributed by atoms with van der Waals surface area (Å²) >= 11 is 0. The van der Waals surface area contributed by atoms with Crippen LogP contribution in [0.4, 0.5) is 0 Å². The van der Waals surface area contributed by atoms with E-state index in [4.69, 9.17) is 0 Å². The van der Waals surface area contributed by atoms with Crippen LogP contribution in [0.2, 0.25) is 0 Å². The molecule has 1 aromatic heterocycles. The molecule has 0 aliphatic heterocycles. The maximum absolute atomic E-state index is 4.46. The number of hydrogen-bond acceptors (Lipinski definition) is 2. The summed E-state index contributed by atoms with van der Waals surface area (Å²) in [5.41, 5.74) is 4.22. The number of aryl methyl sites for hydroxylation is 2. The van der Waals surface area contributed by atoms with Crippen molar-refractivity contribution in [1.82, 2.24) is 9.97 Å². The van der Waals surface area contributed by atoms with Crippen LogP contribution in [-0.4, -0.2) is 9.97 Å². The van der Waals surface area contributed by atoms with Crippen molar-refractivity contribution in [1.29, 1.82) is 0 Å². The monoisotopic (exact) mass is 176 g/mol. The Kier molecular flexibility index (Phi) is 3.18. The van der Waals surface area contributed by atoms with E-state index in [1.165, 1.54) is 5.57 Å². The third-order valence-electron chi connectivity index (χ3n) is 2.11. The molecule has 70 valence electrons. The van der Waals surface area contributed by atoms with Crippen LogP contribution >= 0.6 is 0 Å². The second kappa shape index (κ2) is 4.17. The van der Waals surface area contributed by atoms with E-state index >= 15 is 0 Å². The maximum atomic E-state index is 4.46. The van der Waals surface area contributed by atoms with Crippen molar-refractivity contribution in [3.63, 3.8) is 0 Å². The number of nitrogens with zero attached hydrogens (tertiary/aromatic N) is 2. The van der Waals surface area contributed by atoms with E-state index in [0.717, 1.165) is 23.5 Å². The van der Waals surface area contributed by atoms with E-state index in [0.29, 0.717) is 0 Å². The van der Waals surface area contributed by atoms with Crippen LogP contribution in [0.15, 0.2) is 12.3 Å². The van der Waals surface area contributed by atoms with Gasteiger partial charge in [-0.05, 0) is 32.8 Å². The molecule has 0 saturated carbocycles. The molecule has 0 unspecified atom stereocenters. The van der Waals surface area contributed by atoms with Crippen molar-refractivity contribution >= 4 is 5.57 Å². The molecule has 1 rings (SSSR count). The lowest BCUT2D eigenvalue weighted by Crippen LogP contribution is -1.95. The molecule has 0 fully saturated rings. The van der Waals surface area contributed by atoms with Crippen LogP contribution < -0.4 is 0 Å². The molecule has 2 nitrogen and oxygen atoms in total. The Morgan fingerprint density at radius 1 is 1.38 bits per heavy atom. The van der Waals surface area contributed by atoms with Crippen LogP contribution in [0.25, 0.3) is 5.57 Å². The number of hydrogen-bond donors (Lipinski definition) is 0. The fourth-order valence-corrected chi connectivity index (χ4v) is 1.14. The first-order valence-corrected chi connectivity index (χ1v) is 4.62. The minimum absolute atomic E-state index is 0.991. The summed E-state index contributed by atoms with van der Waals surface area (Å²) < 4.78 is 0. The largest absolute Gasteiger partial charge is 0.257 e. The summed E-state index contributed by atoms with van der Waals surface area (Å²) in [5, 5.41) is 0. The average molecular weight is 176 g/mol. The minimum atomic E-state index is 0.991. The fourth-order valence-electron chi connectivity index (χ4n) is 1.14. The van der Waals surface area contributed by atoms with Crippen molar-refractivity contribution in [3.05, 3.63) is 29.4 Å². The lowest BCUT2D eigenvalue weighted by Gasteiger charge is -2.03. The van der Waals surface area contributed by atoms with Gasteiger partial charge < -0.3 is 0 Å². The Morgan fingerprint density at radius 3 is 2.62 bits per heavy atom. The Hall–Kier alpha value is -1.18. The molecule has 1 heterocycles. The van der Waals surface area contributed by atoms with Gasteiger partial charge in [0.15, 0.2) is 0 Å². The molecule has 0 radical (unpaired) electrons. The molecule has 0 amide bonds. The normalized spacial score (nSPS) is 11.8. The highest BCUT2D eigenvalue weighted by Gasteiger charge is 2.00. The van der Waals surface area contributed by atoms with Gasteiger partial charge in [-0.2, -0.15) is 0 Å². The SMILES string of the molecule is CC/C=C(/C)c1cnc(C)c(C)n1. The Labute approximate surface area is 79.7 Å². The first-order chi connectivity index (χ1) is 6.15. The summed E-state index contributed by atoms with van der Waals surface area (Å²) in [6, 6.07) is 0. The van der Waals surface area contributed by atoms with Crippen LogP contribution in [0.5, 0.6) is 0 Å². The number of allylic oxidation sites excluding steroid dienone is 2. The third kappa shape index (κ3) is 2.38. The Bertz CT molecular complexity index is 327. The maximum Gasteiger partial charge on any atom is 0.0842 e. The van der Waals surface area contributed by atoms with E-state index in [2.05, 4.69) is 29.9 Å². The summed E-state index contributed by atoms with van der Waals surface area (Å²) in [4.78, 5) is 8.74. The van der Waals surface area contributed by atoms with Crippen LogP contribution in [0.1, 0.15) is 37.4 Å². The van der Waals surface area contributed by atoms with Gasteiger partial charge in [-0.25, -0.2) is 4.98 Å². The zero-order chi connectivity index (χ0) is 9.84. The second-order valence-electron chi connectivity index (χ2n) is 3.22. The van der Waals surface area contributed by atoms with E-state index in [1.807, 2.05) is 20.0 Å². The molecule has 2 heteroatoms. The second-order valence-corrected chi connectivity index (χ2v) is 3.22. The van der Waals surface area contributed by atoms with Crippen LogP contribution in [0.3, 0.4) is 0 Å². The topological polar surface area (TPSA) is 25.8 Å². The average Bonchev–Trinajstić information content (AvgIpc) is 2.10. The standard InChI is InChI=1S/C11H16N2/c1-5-6-8(2)11-7-12-9(3)10(4)13-11/h6-7H,5H2,1-4H3/b8-6-. The molecule has 0 aliphatic rings. The van der Waals surface area contributed by atoms with Gasteiger partial charge in [-0.3, -0.25) is 4.98 Å². The molecule has 0 bridgehead atoms. The van der Waals surface area contributed by atoms with Gasteiger partial charge in [0.1, 0.15) is 0 Å². The van der Waals surface area contributed by atoms with E-state index in [9.17, 15) is 0 Å². The van der Waals surface area contributed by atoms with Crippen molar-refractivity contribution < 1.29 is 0 Å². The summed E-state index contributed by atoms with van der Waals surface area (Å²) in [7, 11) is 0. The highest BCUT2D eigenvalue weighted by molar-refractivity contribution is 5.59. The molecule has 0 spiro atoms. The predicted molar refractivity (Wildman–Crippen MR) is 55.4 cm³/mol.